The maximum atomic E-state index is 5.50. The summed E-state index contributed by atoms with van der Waals surface area (Å²) in [5.41, 5.74) is 12.6. The van der Waals surface area contributed by atoms with Crippen molar-refractivity contribution < 1.29 is 0 Å². The minimum atomic E-state index is 0.678. The number of benzene rings is 10. The molecular weight excluding hydrogens is 751 g/mol. The van der Waals surface area contributed by atoms with Crippen molar-refractivity contribution in [2.45, 2.75) is 0 Å². The Hall–Kier alpha value is -8.27. The number of hydrogen-bond acceptors (Lipinski definition) is 3. The molecule has 0 fully saturated rings. The molecule has 0 spiro atoms. The van der Waals surface area contributed by atoms with Crippen LogP contribution in [0.15, 0.2) is 225 Å². The van der Waals surface area contributed by atoms with Crippen LogP contribution in [0.1, 0.15) is 0 Å². The normalized spacial score (nSPS) is 11.5. The van der Waals surface area contributed by atoms with E-state index in [0.29, 0.717) is 5.82 Å². The fraction of sp³-hybridized carbons (Fsp3) is 0. The standard InChI is InChI=1S/C59H37N3/c1-3-14-46-34-48(30-20-38(46)10-1)50-36-54(49-31-21-39-11-2-4-15-47(39)35-49)58-55(37-50)57(44-26-24-43(25-27-44)56-53-18-8-6-13-41(53)32-33-60-56)61-59(62-58)45-28-22-42(23-29-45)52-19-9-16-40-12-5-7-17-51(40)52/h1-37H. The van der Waals surface area contributed by atoms with Crippen molar-refractivity contribution in [1.29, 1.82) is 0 Å². The van der Waals surface area contributed by atoms with Gasteiger partial charge >= 0.3 is 0 Å². The zero-order chi connectivity index (χ0) is 41.0. The molecule has 0 saturated heterocycles. The third-order valence-corrected chi connectivity index (χ3v) is 12.3. The van der Waals surface area contributed by atoms with Gasteiger partial charge in [-0.05, 0) is 95.9 Å². The molecule has 0 amide bonds. The Morgan fingerprint density at radius 2 is 0.790 bits per heavy atom. The summed E-state index contributed by atoms with van der Waals surface area (Å²) in [6.45, 7) is 0. The van der Waals surface area contributed by atoms with Crippen molar-refractivity contribution >= 4 is 54.0 Å². The molecule has 288 valence electrons. The molecule has 0 N–H and O–H groups in total. The smallest absolute Gasteiger partial charge is 0.160 e. The fourth-order valence-corrected chi connectivity index (χ4v) is 9.11. The quantitative estimate of drug-likeness (QED) is 0.168. The summed E-state index contributed by atoms with van der Waals surface area (Å²) < 4.78 is 0. The Kier molecular flexibility index (Phi) is 8.50. The Morgan fingerprint density at radius 3 is 1.52 bits per heavy atom. The Labute approximate surface area is 359 Å². The molecule has 3 heteroatoms. The molecule has 12 aromatic rings. The number of nitrogens with zero attached hydrogens (tertiary/aromatic N) is 3. The van der Waals surface area contributed by atoms with E-state index in [4.69, 9.17) is 15.0 Å². The van der Waals surface area contributed by atoms with Crippen LogP contribution in [-0.2, 0) is 0 Å². The van der Waals surface area contributed by atoms with Gasteiger partial charge in [0.25, 0.3) is 0 Å². The van der Waals surface area contributed by atoms with Gasteiger partial charge in [0.15, 0.2) is 5.82 Å². The molecule has 0 aliphatic heterocycles. The first-order valence-electron chi connectivity index (χ1n) is 21.1. The Bertz CT molecular complexity index is 3670. The van der Waals surface area contributed by atoms with Crippen molar-refractivity contribution in [3.63, 3.8) is 0 Å². The Balaban J connectivity index is 1.09. The molecule has 2 heterocycles. The average molecular weight is 788 g/mol. The molecule has 10 aromatic carbocycles. The maximum absolute atomic E-state index is 5.50. The van der Waals surface area contributed by atoms with E-state index >= 15 is 0 Å². The first kappa shape index (κ1) is 35.7. The molecular formula is C59H37N3. The monoisotopic (exact) mass is 787 g/mol. The van der Waals surface area contributed by atoms with Crippen molar-refractivity contribution in [2.24, 2.45) is 0 Å². The number of fused-ring (bicyclic) bond motifs is 5. The molecule has 0 aliphatic carbocycles. The van der Waals surface area contributed by atoms with Crippen LogP contribution in [0.2, 0.25) is 0 Å². The molecule has 0 atom stereocenters. The van der Waals surface area contributed by atoms with Gasteiger partial charge in [-0.15, -0.1) is 0 Å². The van der Waals surface area contributed by atoms with Gasteiger partial charge in [0.1, 0.15) is 0 Å². The van der Waals surface area contributed by atoms with Crippen molar-refractivity contribution in [1.82, 2.24) is 15.0 Å². The van der Waals surface area contributed by atoms with Gasteiger partial charge in [-0.1, -0.05) is 188 Å². The maximum Gasteiger partial charge on any atom is 0.160 e. The second-order valence-corrected chi connectivity index (χ2v) is 16.0. The molecule has 62 heavy (non-hydrogen) atoms. The van der Waals surface area contributed by atoms with Gasteiger partial charge < -0.3 is 0 Å². The lowest BCUT2D eigenvalue weighted by molar-refractivity contribution is 1.23. The highest BCUT2D eigenvalue weighted by molar-refractivity contribution is 6.06. The highest BCUT2D eigenvalue weighted by atomic mass is 14.9. The van der Waals surface area contributed by atoms with E-state index in [1.165, 1.54) is 43.3 Å². The van der Waals surface area contributed by atoms with Gasteiger partial charge in [-0.3, -0.25) is 4.98 Å². The second kappa shape index (κ2) is 14.8. The van der Waals surface area contributed by atoms with Crippen LogP contribution < -0.4 is 0 Å². The van der Waals surface area contributed by atoms with E-state index in [1.807, 2.05) is 6.20 Å². The van der Waals surface area contributed by atoms with Gasteiger partial charge in [-0.25, -0.2) is 9.97 Å². The molecule has 3 nitrogen and oxygen atoms in total. The van der Waals surface area contributed by atoms with Crippen LogP contribution in [0.4, 0.5) is 0 Å². The van der Waals surface area contributed by atoms with Gasteiger partial charge in [0.2, 0.25) is 0 Å². The third kappa shape index (κ3) is 6.27. The summed E-state index contributed by atoms with van der Waals surface area (Å²) in [7, 11) is 0. The largest absolute Gasteiger partial charge is 0.256 e. The number of rotatable bonds is 6. The van der Waals surface area contributed by atoms with Crippen LogP contribution in [-0.4, -0.2) is 15.0 Å². The minimum absolute atomic E-state index is 0.678. The first-order chi connectivity index (χ1) is 30.7. The lowest BCUT2D eigenvalue weighted by Gasteiger charge is -2.16. The summed E-state index contributed by atoms with van der Waals surface area (Å²) >= 11 is 0. The second-order valence-electron chi connectivity index (χ2n) is 16.0. The number of pyridine rings is 1. The summed E-state index contributed by atoms with van der Waals surface area (Å²) in [5.74, 6) is 0.678. The van der Waals surface area contributed by atoms with E-state index in [2.05, 4.69) is 218 Å². The van der Waals surface area contributed by atoms with Gasteiger partial charge in [-0.2, -0.15) is 0 Å². The molecule has 12 rings (SSSR count). The molecule has 0 unspecified atom stereocenters. The van der Waals surface area contributed by atoms with E-state index in [0.717, 1.165) is 72.2 Å². The lowest BCUT2D eigenvalue weighted by Crippen LogP contribution is -1.98. The van der Waals surface area contributed by atoms with E-state index < -0.39 is 0 Å². The topological polar surface area (TPSA) is 38.7 Å². The minimum Gasteiger partial charge on any atom is -0.256 e. The summed E-state index contributed by atoms with van der Waals surface area (Å²) in [4.78, 5) is 15.8. The van der Waals surface area contributed by atoms with Crippen LogP contribution in [0.5, 0.6) is 0 Å². The highest BCUT2D eigenvalue weighted by Crippen LogP contribution is 2.41. The zero-order valence-corrected chi connectivity index (χ0v) is 33.7. The molecule has 2 aromatic heterocycles. The lowest BCUT2D eigenvalue weighted by atomic mass is 9.91. The number of hydrogen-bond donors (Lipinski definition) is 0. The molecule has 0 bridgehead atoms. The molecule has 0 saturated carbocycles. The van der Waals surface area contributed by atoms with Crippen molar-refractivity contribution in [2.75, 3.05) is 0 Å². The first-order valence-corrected chi connectivity index (χ1v) is 21.1. The van der Waals surface area contributed by atoms with Crippen LogP contribution in [0.25, 0.3) is 121 Å². The van der Waals surface area contributed by atoms with Crippen molar-refractivity contribution in [3.05, 3.63) is 225 Å². The Morgan fingerprint density at radius 1 is 0.258 bits per heavy atom. The van der Waals surface area contributed by atoms with Crippen LogP contribution >= 0.6 is 0 Å². The summed E-state index contributed by atoms with van der Waals surface area (Å²) in [6.07, 6.45) is 1.89. The number of aromatic nitrogens is 3. The van der Waals surface area contributed by atoms with Gasteiger partial charge in [0.05, 0.1) is 16.9 Å². The summed E-state index contributed by atoms with van der Waals surface area (Å²) in [5, 5.41) is 10.6. The van der Waals surface area contributed by atoms with E-state index in [9.17, 15) is 0 Å². The average Bonchev–Trinajstić information content (AvgIpc) is 3.35. The fourth-order valence-electron chi connectivity index (χ4n) is 9.11. The zero-order valence-electron chi connectivity index (χ0n) is 33.7. The van der Waals surface area contributed by atoms with E-state index in [1.54, 1.807) is 0 Å². The predicted octanol–water partition coefficient (Wildman–Crippen LogP) is 15.6. The van der Waals surface area contributed by atoms with Crippen LogP contribution in [0, 0.1) is 0 Å². The summed E-state index contributed by atoms with van der Waals surface area (Å²) in [6, 6.07) is 78.2. The predicted molar refractivity (Wildman–Crippen MR) is 260 cm³/mol. The van der Waals surface area contributed by atoms with Crippen LogP contribution in [0.3, 0.4) is 0 Å². The van der Waals surface area contributed by atoms with Gasteiger partial charge in [0, 0.05) is 39.2 Å². The van der Waals surface area contributed by atoms with Crippen molar-refractivity contribution in [3.8, 4) is 67.3 Å². The molecule has 0 radical (unpaired) electrons. The van der Waals surface area contributed by atoms with E-state index in [-0.39, 0.29) is 0 Å². The SMILES string of the molecule is c1ccc2cc(-c3cc(-c4ccc5ccccc5c4)c4nc(-c5ccc(-c6cccc7ccccc67)cc5)nc(-c5ccc(-c6nccc7ccccc67)cc5)c4c3)ccc2c1. The third-order valence-electron chi connectivity index (χ3n) is 12.3. The molecule has 0 aliphatic rings. The highest BCUT2D eigenvalue weighted by Gasteiger charge is 2.19.